The summed E-state index contributed by atoms with van der Waals surface area (Å²) in [7, 11) is 0. The van der Waals surface area contributed by atoms with Gasteiger partial charge in [-0.2, -0.15) is 18.3 Å². The highest BCUT2D eigenvalue weighted by Gasteiger charge is 2.41. The summed E-state index contributed by atoms with van der Waals surface area (Å²) < 4.78 is 41.3. The average molecular weight is 397 g/mol. The van der Waals surface area contributed by atoms with Gasteiger partial charge in [0, 0.05) is 36.1 Å². The van der Waals surface area contributed by atoms with Gasteiger partial charge in [-0.05, 0) is 17.7 Å². The minimum Gasteiger partial charge on any atom is -0.343 e. The molecule has 0 bridgehead atoms. The normalized spacial score (nSPS) is 12.8. The van der Waals surface area contributed by atoms with Crippen molar-refractivity contribution in [2.75, 3.05) is 6.54 Å². The number of pyridine rings is 2. The molecule has 0 spiro atoms. The maximum absolute atomic E-state index is 13.3. The van der Waals surface area contributed by atoms with Crippen LogP contribution in [0.1, 0.15) is 17.9 Å². The molecule has 1 atom stereocenters. The molecule has 29 heavy (non-hydrogen) atoms. The minimum atomic E-state index is -4.43. The van der Waals surface area contributed by atoms with Crippen molar-refractivity contribution < 1.29 is 13.2 Å². The van der Waals surface area contributed by atoms with Crippen LogP contribution in [0.4, 0.5) is 13.2 Å². The first-order valence-electron chi connectivity index (χ1n) is 8.67. The van der Waals surface area contributed by atoms with Crippen molar-refractivity contribution in [3.8, 4) is 16.9 Å². The van der Waals surface area contributed by atoms with E-state index >= 15 is 0 Å². The molecular formula is C19H14F3N7. The number of imidazole rings is 1. The Bertz CT molecular complexity index is 1170. The molecule has 0 fully saturated rings. The van der Waals surface area contributed by atoms with Gasteiger partial charge in [0.2, 0.25) is 6.54 Å². The van der Waals surface area contributed by atoms with Crippen molar-refractivity contribution in [3.05, 3.63) is 66.3 Å². The fourth-order valence-corrected chi connectivity index (χ4v) is 3.13. The molecule has 4 heterocycles. The second-order valence-corrected chi connectivity index (χ2v) is 6.35. The van der Waals surface area contributed by atoms with E-state index < -0.39 is 12.1 Å². The quantitative estimate of drug-likeness (QED) is 0.513. The van der Waals surface area contributed by atoms with Gasteiger partial charge in [0.15, 0.2) is 11.5 Å². The lowest BCUT2D eigenvalue weighted by atomic mass is 9.97. The number of alkyl halides is 3. The van der Waals surface area contributed by atoms with E-state index in [2.05, 4.69) is 29.9 Å². The summed E-state index contributed by atoms with van der Waals surface area (Å²) in [6, 6.07) is 4.69. The topological polar surface area (TPSA) is 76.6 Å². The highest BCUT2D eigenvalue weighted by molar-refractivity contribution is 5.88. The number of nitrogens with zero attached hydrogens (tertiary/aromatic N) is 6. The third-order valence-electron chi connectivity index (χ3n) is 4.55. The predicted molar refractivity (Wildman–Crippen MR) is 99.1 cm³/mol. The summed E-state index contributed by atoms with van der Waals surface area (Å²) in [4.78, 5) is 18.5. The Morgan fingerprint density at radius 2 is 2.00 bits per heavy atom. The molecule has 0 aliphatic rings. The Morgan fingerprint density at radius 3 is 2.72 bits per heavy atom. The SMILES string of the molecule is [C-]#[N+]CCC(c1ccc(-n2cc(-c3ccnc4nc[nH]c34)cn2)nc1)C(F)(F)F. The van der Waals surface area contributed by atoms with E-state index in [1.165, 1.54) is 23.0 Å². The van der Waals surface area contributed by atoms with Gasteiger partial charge in [-0.25, -0.2) is 26.2 Å². The van der Waals surface area contributed by atoms with Gasteiger partial charge in [0.25, 0.3) is 0 Å². The highest BCUT2D eigenvalue weighted by Crippen LogP contribution is 2.37. The first-order chi connectivity index (χ1) is 14.0. The fraction of sp³-hybridized carbons (Fsp3) is 0.211. The second kappa shape index (κ2) is 7.35. The van der Waals surface area contributed by atoms with Crippen LogP contribution >= 0.6 is 0 Å². The molecule has 0 amide bonds. The summed E-state index contributed by atoms with van der Waals surface area (Å²) in [5.41, 5.74) is 3.02. The Balaban J connectivity index is 1.62. The maximum Gasteiger partial charge on any atom is 0.396 e. The number of fused-ring (bicyclic) bond motifs is 1. The predicted octanol–water partition coefficient (Wildman–Crippen LogP) is 4.16. The maximum atomic E-state index is 13.3. The van der Waals surface area contributed by atoms with Crippen LogP contribution in [-0.4, -0.2) is 42.4 Å². The van der Waals surface area contributed by atoms with E-state index in [9.17, 15) is 13.2 Å². The number of H-pyrrole nitrogens is 1. The van der Waals surface area contributed by atoms with E-state index in [4.69, 9.17) is 6.57 Å². The van der Waals surface area contributed by atoms with Crippen molar-refractivity contribution in [2.24, 2.45) is 0 Å². The summed E-state index contributed by atoms with van der Waals surface area (Å²) in [5.74, 6) is -1.32. The van der Waals surface area contributed by atoms with Crippen LogP contribution in [0, 0.1) is 6.57 Å². The van der Waals surface area contributed by atoms with E-state index in [-0.39, 0.29) is 18.5 Å². The number of halogens is 3. The van der Waals surface area contributed by atoms with E-state index in [0.29, 0.717) is 11.5 Å². The Labute approximate surface area is 163 Å². The second-order valence-electron chi connectivity index (χ2n) is 6.35. The number of hydrogen-bond acceptors (Lipinski definition) is 4. The number of aromatic amines is 1. The molecule has 4 rings (SSSR count). The number of nitrogens with one attached hydrogen (secondary N) is 1. The van der Waals surface area contributed by atoms with Gasteiger partial charge in [-0.15, -0.1) is 0 Å². The van der Waals surface area contributed by atoms with Gasteiger partial charge < -0.3 is 9.83 Å². The minimum absolute atomic E-state index is 0.0329. The van der Waals surface area contributed by atoms with Crippen LogP contribution < -0.4 is 0 Å². The molecule has 7 nitrogen and oxygen atoms in total. The molecule has 1 N–H and O–H groups in total. The van der Waals surface area contributed by atoms with Gasteiger partial charge in [0.05, 0.1) is 24.0 Å². The van der Waals surface area contributed by atoms with Crippen molar-refractivity contribution in [2.45, 2.75) is 18.5 Å². The van der Waals surface area contributed by atoms with Crippen LogP contribution in [0.25, 0.3) is 33.0 Å². The lowest BCUT2D eigenvalue weighted by molar-refractivity contribution is -0.151. The molecule has 0 saturated heterocycles. The number of hydrogen-bond donors (Lipinski definition) is 1. The third-order valence-corrected chi connectivity index (χ3v) is 4.55. The van der Waals surface area contributed by atoms with E-state index in [0.717, 1.165) is 16.6 Å². The van der Waals surface area contributed by atoms with Crippen LogP contribution in [-0.2, 0) is 0 Å². The van der Waals surface area contributed by atoms with Crippen LogP contribution in [0.15, 0.2) is 49.3 Å². The van der Waals surface area contributed by atoms with Crippen molar-refractivity contribution in [3.63, 3.8) is 0 Å². The zero-order valence-corrected chi connectivity index (χ0v) is 14.9. The standard InChI is InChI=1S/C19H14F3N7/c1-23-6-5-15(19(20,21)22)12-2-3-16(25-8-12)29-10-13(9-28-29)14-4-7-24-18-17(14)26-11-27-18/h2-4,7-11,15H,5-6H2,(H,24,26,27). The molecule has 0 aliphatic heterocycles. The number of aromatic nitrogens is 6. The molecule has 0 aliphatic carbocycles. The molecule has 4 aromatic rings. The van der Waals surface area contributed by atoms with Gasteiger partial charge >= 0.3 is 6.18 Å². The summed E-state index contributed by atoms with van der Waals surface area (Å²) in [6.45, 7) is 6.55. The van der Waals surface area contributed by atoms with Crippen molar-refractivity contribution >= 4 is 11.2 Å². The van der Waals surface area contributed by atoms with Crippen LogP contribution in [0.5, 0.6) is 0 Å². The van der Waals surface area contributed by atoms with Crippen LogP contribution in [0.2, 0.25) is 0 Å². The average Bonchev–Trinajstić information content (AvgIpc) is 3.37. The van der Waals surface area contributed by atoms with Crippen molar-refractivity contribution in [1.82, 2.24) is 29.7 Å². The zero-order valence-electron chi connectivity index (χ0n) is 14.9. The summed E-state index contributed by atoms with van der Waals surface area (Å²) >= 11 is 0. The smallest absolute Gasteiger partial charge is 0.343 e. The molecule has 4 aromatic heterocycles. The first-order valence-corrected chi connectivity index (χ1v) is 8.67. The summed E-state index contributed by atoms with van der Waals surface area (Å²) in [5, 5.41) is 4.26. The lowest BCUT2D eigenvalue weighted by Crippen LogP contribution is -2.21. The molecule has 0 radical (unpaired) electrons. The van der Waals surface area contributed by atoms with Crippen molar-refractivity contribution in [1.29, 1.82) is 0 Å². The fourth-order valence-electron chi connectivity index (χ4n) is 3.13. The first kappa shape index (κ1) is 18.6. The lowest BCUT2D eigenvalue weighted by Gasteiger charge is -2.18. The molecule has 0 saturated carbocycles. The van der Waals surface area contributed by atoms with Crippen LogP contribution in [0.3, 0.4) is 0 Å². The van der Waals surface area contributed by atoms with E-state index in [1.54, 1.807) is 24.9 Å². The highest BCUT2D eigenvalue weighted by atomic mass is 19.4. The van der Waals surface area contributed by atoms with E-state index in [1.807, 2.05) is 6.07 Å². The zero-order chi connectivity index (χ0) is 20.4. The van der Waals surface area contributed by atoms with Gasteiger partial charge in [-0.3, -0.25) is 0 Å². The summed E-state index contributed by atoms with van der Waals surface area (Å²) in [6.07, 6.45) is 3.04. The Morgan fingerprint density at radius 1 is 1.14 bits per heavy atom. The third kappa shape index (κ3) is 3.67. The van der Waals surface area contributed by atoms with Gasteiger partial charge in [0.1, 0.15) is 0 Å². The number of rotatable bonds is 5. The largest absolute Gasteiger partial charge is 0.396 e. The van der Waals surface area contributed by atoms with Gasteiger partial charge in [-0.1, -0.05) is 6.07 Å². The molecule has 146 valence electrons. The molecular weight excluding hydrogens is 383 g/mol. The monoisotopic (exact) mass is 397 g/mol. The Kier molecular flexibility index (Phi) is 4.72. The molecule has 1 unspecified atom stereocenters. The molecule has 0 aromatic carbocycles. The Hall–Kier alpha value is -3.74. The molecule has 10 heteroatoms.